The van der Waals surface area contributed by atoms with E-state index in [1.165, 1.54) is 0 Å². The molecule has 0 amide bonds. The number of imidazole rings is 1. The zero-order chi connectivity index (χ0) is 10.8. The molecule has 0 aliphatic heterocycles. The summed E-state index contributed by atoms with van der Waals surface area (Å²) in [5.41, 5.74) is 4.56. The number of aryl methyl sites for hydroxylation is 2. The summed E-state index contributed by atoms with van der Waals surface area (Å²) in [4.78, 5) is 17.8. The molecule has 0 saturated heterocycles. The minimum Gasteiger partial charge on any atom is -0.342 e. The summed E-state index contributed by atoms with van der Waals surface area (Å²) in [6.45, 7) is 4.04. The molecule has 0 fully saturated rings. The number of carbonyl (C=O) groups is 1. The Hall–Kier alpha value is -1.90. The predicted octanol–water partition coefficient (Wildman–Crippen LogP) is 2.51. The van der Waals surface area contributed by atoms with E-state index in [1.807, 2.05) is 32.0 Å². The van der Waals surface area contributed by atoms with Gasteiger partial charge in [-0.25, -0.2) is 4.98 Å². The average molecular weight is 200 g/mol. The number of carbonyl (C=O) groups excluding carboxylic acids is 1. The molecule has 76 valence electrons. The Morgan fingerprint density at radius 3 is 2.87 bits per heavy atom. The first-order chi connectivity index (χ1) is 7.22. The van der Waals surface area contributed by atoms with Crippen LogP contribution in [0.5, 0.6) is 0 Å². The second kappa shape index (κ2) is 3.69. The predicted molar refractivity (Wildman–Crippen MR) is 58.9 cm³/mol. The van der Waals surface area contributed by atoms with Crippen LogP contribution >= 0.6 is 0 Å². The van der Waals surface area contributed by atoms with Crippen molar-refractivity contribution in [1.82, 2.24) is 9.97 Å². The van der Waals surface area contributed by atoms with Gasteiger partial charge in [0, 0.05) is 5.56 Å². The van der Waals surface area contributed by atoms with E-state index in [4.69, 9.17) is 0 Å². The van der Waals surface area contributed by atoms with Gasteiger partial charge < -0.3 is 4.98 Å². The van der Waals surface area contributed by atoms with Crippen LogP contribution in [0.3, 0.4) is 0 Å². The summed E-state index contributed by atoms with van der Waals surface area (Å²) < 4.78 is 0. The SMILES string of the molecule is Cc1ccc(C)c(-c2nc[nH]c2C=O)c1. The number of aromatic amines is 1. The lowest BCUT2D eigenvalue weighted by atomic mass is 10.0. The lowest BCUT2D eigenvalue weighted by Gasteiger charge is -2.04. The molecule has 2 aromatic rings. The normalized spacial score (nSPS) is 10.3. The molecule has 15 heavy (non-hydrogen) atoms. The van der Waals surface area contributed by atoms with Crippen molar-refractivity contribution in [2.75, 3.05) is 0 Å². The van der Waals surface area contributed by atoms with Gasteiger partial charge in [0.15, 0.2) is 6.29 Å². The third-order valence-electron chi connectivity index (χ3n) is 2.43. The fourth-order valence-corrected chi connectivity index (χ4v) is 1.60. The van der Waals surface area contributed by atoms with Crippen molar-refractivity contribution in [1.29, 1.82) is 0 Å². The maximum Gasteiger partial charge on any atom is 0.168 e. The molecule has 0 radical (unpaired) electrons. The van der Waals surface area contributed by atoms with Gasteiger partial charge in [-0.2, -0.15) is 0 Å². The summed E-state index contributed by atoms with van der Waals surface area (Å²) >= 11 is 0. The van der Waals surface area contributed by atoms with Gasteiger partial charge in [-0.1, -0.05) is 17.7 Å². The van der Waals surface area contributed by atoms with Crippen LogP contribution in [0.1, 0.15) is 21.6 Å². The highest BCUT2D eigenvalue weighted by Gasteiger charge is 2.09. The summed E-state index contributed by atoms with van der Waals surface area (Å²) in [6.07, 6.45) is 2.34. The molecule has 0 aliphatic carbocycles. The molecule has 2 rings (SSSR count). The Balaban J connectivity index is 2.62. The van der Waals surface area contributed by atoms with Gasteiger partial charge in [0.25, 0.3) is 0 Å². The molecule has 0 saturated carbocycles. The van der Waals surface area contributed by atoms with E-state index in [0.29, 0.717) is 5.69 Å². The van der Waals surface area contributed by atoms with Crippen LogP contribution < -0.4 is 0 Å². The number of aldehydes is 1. The molecule has 3 heteroatoms. The van der Waals surface area contributed by atoms with Gasteiger partial charge in [-0.05, 0) is 25.5 Å². The molecular formula is C12H12N2O. The molecule has 3 nitrogen and oxygen atoms in total. The number of hydrogen-bond acceptors (Lipinski definition) is 2. The molecule has 0 spiro atoms. The largest absolute Gasteiger partial charge is 0.342 e. The summed E-state index contributed by atoms with van der Waals surface area (Å²) in [5, 5.41) is 0. The van der Waals surface area contributed by atoms with Gasteiger partial charge in [-0.3, -0.25) is 4.79 Å². The summed E-state index contributed by atoms with van der Waals surface area (Å²) in [5.74, 6) is 0. The van der Waals surface area contributed by atoms with Gasteiger partial charge in [-0.15, -0.1) is 0 Å². The minimum atomic E-state index is 0.531. The Bertz CT molecular complexity index is 500. The van der Waals surface area contributed by atoms with Crippen LogP contribution in [-0.4, -0.2) is 16.3 Å². The van der Waals surface area contributed by atoms with Crippen LogP contribution in [-0.2, 0) is 0 Å². The molecule has 0 unspecified atom stereocenters. The fourth-order valence-electron chi connectivity index (χ4n) is 1.60. The molecular weight excluding hydrogens is 188 g/mol. The summed E-state index contributed by atoms with van der Waals surface area (Å²) in [6, 6.07) is 6.12. The quantitative estimate of drug-likeness (QED) is 0.757. The Labute approximate surface area is 88.2 Å². The molecule has 1 aromatic heterocycles. The maximum absolute atomic E-state index is 10.8. The second-order valence-corrected chi connectivity index (χ2v) is 3.60. The van der Waals surface area contributed by atoms with Crippen LogP contribution in [0.2, 0.25) is 0 Å². The highest BCUT2D eigenvalue weighted by atomic mass is 16.1. The highest BCUT2D eigenvalue weighted by molar-refractivity contribution is 5.84. The van der Waals surface area contributed by atoms with Crippen molar-refractivity contribution >= 4 is 6.29 Å². The molecule has 1 aromatic carbocycles. The van der Waals surface area contributed by atoms with Crippen LogP contribution in [0.4, 0.5) is 0 Å². The van der Waals surface area contributed by atoms with E-state index < -0.39 is 0 Å². The van der Waals surface area contributed by atoms with Crippen molar-refractivity contribution in [2.45, 2.75) is 13.8 Å². The van der Waals surface area contributed by atoms with E-state index in [-0.39, 0.29) is 0 Å². The number of nitrogens with zero attached hydrogens (tertiary/aromatic N) is 1. The van der Waals surface area contributed by atoms with Crippen molar-refractivity contribution in [3.8, 4) is 11.3 Å². The third-order valence-corrected chi connectivity index (χ3v) is 2.43. The van der Waals surface area contributed by atoms with Gasteiger partial charge in [0.1, 0.15) is 5.69 Å². The number of hydrogen-bond donors (Lipinski definition) is 1. The third kappa shape index (κ3) is 1.68. The van der Waals surface area contributed by atoms with E-state index in [9.17, 15) is 4.79 Å². The first kappa shape index (κ1) is 9.65. The zero-order valence-corrected chi connectivity index (χ0v) is 8.74. The van der Waals surface area contributed by atoms with Crippen LogP contribution in [0.15, 0.2) is 24.5 Å². The zero-order valence-electron chi connectivity index (χ0n) is 8.74. The number of rotatable bonds is 2. The Kier molecular flexibility index (Phi) is 2.37. The number of H-pyrrole nitrogens is 1. The van der Waals surface area contributed by atoms with E-state index in [0.717, 1.165) is 28.7 Å². The van der Waals surface area contributed by atoms with Gasteiger partial charge in [0.05, 0.1) is 12.0 Å². The van der Waals surface area contributed by atoms with Crippen LogP contribution in [0, 0.1) is 13.8 Å². The topological polar surface area (TPSA) is 45.8 Å². The van der Waals surface area contributed by atoms with Gasteiger partial charge >= 0.3 is 0 Å². The van der Waals surface area contributed by atoms with Crippen molar-refractivity contribution < 1.29 is 4.79 Å². The van der Waals surface area contributed by atoms with E-state index in [2.05, 4.69) is 9.97 Å². The number of benzene rings is 1. The van der Waals surface area contributed by atoms with Crippen molar-refractivity contribution in [2.24, 2.45) is 0 Å². The Morgan fingerprint density at radius 2 is 2.13 bits per heavy atom. The number of aromatic nitrogens is 2. The average Bonchev–Trinajstić information content (AvgIpc) is 2.69. The van der Waals surface area contributed by atoms with Gasteiger partial charge in [0.2, 0.25) is 0 Å². The lowest BCUT2D eigenvalue weighted by molar-refractivity contribution is 0.112. The molecule has 0 aliphatic rings. The highest BCUT2D eigenvalue weighted by Crippen LogP contribution is 2.24. The molecule has 0 atom stereocenters. The molecule has 1 N–H and O–H groups in total. The first-order valence-electron chi connectivity index (χ1n) is 4.78. The summed E-state index contributed by atoms with van der Waals surface area (Å²) in [7, 11) is 0. The van der Waals surface area contributed by atoms with E-state index in [1.54, 1.807) is 6.33 Å². The van der Waals surface area contributed by atoms with Crippen molar-refractivity contribution in [3.63, 3.8) is 0 Å². The first-order valence-corrected chi connectivity index (χ1v) is 4.78. The monoisotopic (exact) mass is 200 g/mol. The standard InChI is InChI=1S/C12H12N2O/c1-8-3-4-9(2)10(5-8)12-11(6-15)13-7-14-12/h3-7H,1-2H3,(H,13,14). The number of nitrogens with one attached hydrogen (secondary N) is 1. The lowest BCUT2D eigenvalue weighted by Crippen LogP contribution is -1.89. The smallest absolute Gasteiger partial charge is 0.168 e. The van der Waals surface area contributed by atoms with Crippen molar-refractivity contribution in [3.05, 3.63) is 41.3 Å². The minimum absolute atomic E-state index is 0.531. The van der Waals surface area contributed by atoms with E-state index >= 15 is 0 Å². The van der Waals surface area contributed by atoms with Crippen LogP contribution in [0.25, 0.3) is 11.3 Å². The fraction of sp³-hybridized carbons (Fsp3) is 0.167. The maximum atomic E-state index is 10.8. The Morgan fingerprint density at radius 1 is 1.33 bits per heavy atom. The molecule has 1 heterocycles. The molecule has 0 bridgehead atoms. The second-order valence-electron chi connectivity index (χ2n) is 3.60.